The van der Waals surface area contributed by atoms with Crippen LogP contribution in [-0.4, -0.2) is 54.9 Å². The first kappa shape index (κ1) is 23.6. The van der Waals surface area contributed by atoms with Crippen molar-refractivity contribution in [1.29, 1.82) is 0 Å². The van der Waals surface area contributed by atoms with Crippen LogP contribution in [-0.2, 0) is 14.8 Å². The highest BCUT2D eigenvalue weighted by molar-refractivity contribution is 7.89. The minimum absolute atomic E-state index is 0.0324. The number of amides is 1. The zero-order chi connectivity index (χ0) is 23.6. The van der Waals surface area contributed by atoms with Gasteiger partial charge in [0.1, 0.15) is 11.5 Å². The molecule has 1 unspecified atom stereocenters. The normalized spacial score (nSPS) is 21.1. The van der Waals surface area contributed by atoms with E-state index in [0.717, 1.165) is 25.9 Å². The molecule has 0 bridgehead atoms. The molecule has 2 aliphatic heterocycles. The first-order valence-electron chi connectivity index (χ1n) is 11.4. The number of carbonyl (C=O) groups is 1. The molecule has 2 aromatic rings. The number of carbonyl (C=O) groups excluding carboxylic acids is 1. The summed E-state index contributed by atoms with van der Waals surface area (Å²) in [5, 5.41) is 3.85. The van der Waals surface area contributed by atoms with E-state index in [1.54, 1.807) is 25.1 Å². The predicted octanol–water partition coefficient (Wildman–Crippen LogP) is 3.95. The second-order valence-electron chi connectivity index (χ2n) is 9.03. The van der Waals surface area contributed by atoms with Crippen LogP contribution in [0.5, 0.6) is 0 Å². The summed E-state index contributed by atoms with van der Waals surface area (Å²) in [6, 6.07) is 6.20. The molecule has 4 rings (SSSR count). The topological polar surface area (TPSA) is 83.7 Å². The molecular weight excluding hydrogens is 445 g/mol. The van der Waals surface area contributed by atoms with Gasteiger partial charge in [-0.1, -0.05) is 30.3 Å². The maximum Gasteiger partial charge on any atom is 0.248 e. The smallest absolute Gasteiger partial charge is 0.248 e. The van der Waals surface area contributed by atoms with Crippen molar-refractivity contribution in [2.24, 2.45) is 11.8 Å². The molecule has 2 fully saturated rings. The molecule has 178 valence electrons. The van der Waals surface area contributed by atoms with Gasteiger partial charge in [0.25, 0.3) is 0 Å². The number of rotatable bonds is 5. The van der Waals surface area contributed by atoms with Crippen LogP contribution in [0.1, 0.15) is 49.6 Å². The quantitative estimate of drug-likeness (QED) is 0.654. The summed E-state index contributed by atoms with van der Waals surface area (Å²) in [6.45, 7) is 5.71. The van der Waals surface area contributed by atoms with E-state index in [2.05, 4.69) is 12.1 Å². The molecule has 1 amide bonds. The van der Waals surface area contributed by atoms with E-state index in [-0.39, 0.29) is 34.7 Å². The molecule has 0 spiro atoms. The first-order valence-corrected chi connectivity index (χ1v) is 12.9. The number of likely N-dealkylation sites (tertiary alicyclic amines) is 1. The van der Waals surface area contributed by atoms with E-state index < -0.39 is 15.8 Å². The van der Waals surface area contributed by atoms with Crippen LogP contribution in [0.2, 0.25) is 0 Å². The van der Waals surface area contributed by atoms with Gasteiger partial charge in [-0.2, -0.15) is 4.31 Å². The lowest BCUT2D eigenvalue weighted by Crippen LogP contribution is -2.48. The zero-order valence-corrected chi connectivity index (χ0v) is 19.9. The summed E-state index contributed by atoms with van der Waals surface area (Å²) in [4.78, 5) is 14.9. The van der Waals surface area contributed by atoms with Crippen LogP contribution in [0.25, 0.3) is 12.2 Å². The lowest BCUT2D eigenvalue weighted by Gasteiger charge is -2.36. The Morgan fingerprint density at radius 2 is 1.88 bits per heavy atom. The van der Waals surface area contributed by atoms with Crippen LogP contribution in [0.15, 0.2) is 33.7 Å². The molecule has 0 radical (unpaired) electrons. The molecular formula is C24H30FN3O4S. The second-order valence-corrected chi connectivity index (χ2v) is 10.9. The van der Waals surface area contributed by atoms with Crippen LogP contribution in [0.4, 0.5) is 4.39 Å². The second kappa shape index (κ2) is 9.77. The van der Waals surface area contributed by atoms with E-state index >= 15 is 0 Å². The third kappa shape index (κ3) is 5.04. The molecule has 0 saturated carbocycles. The number of piperidine rings is 2. The minimum atomic E-state index is -3.94. The molecule has 7 nitrogen and oxygen atoms in total. The Bertz CT molecular complexity index is 1140. The van der Waals surface area contributed by atoms with Crippen molar-refractivity contribution < 1.29 is 22.1 Å². The molecule has 0 N–H and O–H groups in total. The zero-order valence-electron chi connectivity index (χ0n) is 19.0. The third-order valence-electron chi connectivity index (χ3n) is 6.58. The molecule has 1 aromatic heterocycles. The van der Waals surface area contributed by atoms with Crippen LogP contribution in [0.3, 0.4) is 0 Å². The Labute approximate surface area is 194 Å². The standard InChI is InChI=1S/C24H30FN3O4S/c1-17-11-14-27(15-12-17)24(29)20-7-5-13-28(16-20)33(30,31)23-18(2)26-32-22(23)10-9-19-6-3-4-8-21(19)25/h3-4,6,8-10,17,20H,5,7,11-16H2,1-2H3. The van der Waals surface area contributed by atoms with Gasteiger partial charge in [0.15, 0.2) is 10.7 Å². The van der Waals surface area contributed by atoms with Gasteiger partial charge in [-0.25, -0.2) is 12.8 Å². The Hall–Kier alpha value is -2.52. The Kier molecular flexibility index (Phi) is 6.99. The molecule has 3 heterocycles. The largest absolute Gasteiger partial charge is 0.355 e. The van der Waals surface area contributed by atoms with Gasteiger partial charge in [-0.3, -0.25) is 4.79 Å². The number of hydrogen-bond donors (Lipinski definition) is 0. The average Bonchev–Trinajstić information content (AvgIpc) is 3.19. The summed E-state index contributed by atoms with van der Waals surface area (Å²) in [7, 11) is -3.94. The number of aryl methyl sites for hydroxylation is 1. The molecule has 9 heteroatoms. The molecule has 1 aromatic carbocycles. The van der Waals surface area contributed by atoms with Crippen molar-refractivity contribution in [2.75, 3.05) is 26.2 Å². The minimum Gasteiger partial charge on any atom is -0.355 e. The van der Waals surface area contributed by atoms with Crippen molar-refractivity contribution >= 4 is 28.1 Å². The maximum atomic E-state index is 14.0. The summed E-state index contributed by atoms with van der Waals surface area (Å²) < 4.78 is 47.7. The summed E-state index contributed by atoms with van der Waals surface area (Å²) in [5.41, 5.74) is 0.552. The fraction of sp³-hybridized carbons (Fsp3) is 0.500. The molecule has 0 aliphatic carbocycles. The maximum absolute atomic E-state index is 14.0. The van der Waals surface area contributed by atoms with Crippen LogP contribution >= 0.6 is 0 Å². The highest BCUT2D eigenvalue weighted by Gasteiger charge is 2.38. The molecule has 2 saturated heterocycles. The lowest BCUT2D eigenvalue weighted by molar-refractivity contribution is -0.138. The summed E-state index contributed by atoms with van der Waals surface area (Å²) in [5.74, 6) is -0.0548. The number of halogens is 1. The summed E-state index contributed by atoms with van der Waals surface area (Å²) in [6.07, 6.45) is 6.15. The number of sulfonamides is 1. The van der Waals surface area contributed by atoms with Crippen LogP contribution in [0, 0.1) is 24.6 Å². The predicted molar refractivity (Wildman–Crippen MR) is 123 cm³/mol. The Balaban J connectivity index is 1.54. The van der Waals surface area contributed by atoms with Gasteiger partial charge in [0, 0.05) is 31.7 Å². The fourth-order valence-corrected chi connectivity index (χ4v) is 6.33. The van der Waals surface area contributed by atoms with E-state index in [9.17, 15) is 17.6 Å². The van der Waals surface area contributed by atoms with Crippen molar-refractivity contribution in [3.05, 3.63) is 47.1 Å². The highest BCUT2D eigenvalue weighted by Crippen LogP contribution is 2.30. The van der Waals surface area contributed by atoms with E-state index in [1.807, 2.05) is 4.90 Å². The van der Waals surface area contributed by atoms with E-state index in [0.29, 0.717) is 30.9 Å². The van der Waals surface area contributed by atoms with Gasteiger partial charge >= 0.3 is 0 Å². The SMILES string of the molecule is Cc1noc(C=Cc2ccccc2F)c1S(=O)(=O)N1CCCC(C(=O)N2CCC(C)CC2)C1. The number of hydrogen-bond acceptors (Lipinski definition) is 5. The van der Waals surface area contributed by atoms with Gasteiger partial charge in [-0.15, -0.1) is 0 Å². The molecule has 33 heavy (non-hydrogen) atoms. The van der Waals surface area contributed by atoms with Gasteiger partial charge in [0.2, 0.25) is 15.9 Å². The highest BCUT2D eigenvalue weighted by atomic mass is 32.2. The Morgan fingerprint density at radius 1 is 1.15 bits per heavy atom. The van der Waals surface area contributed by atoms with Crippen molar-refractivity contribution in [3.63, 3.8) is 0 Å². The van der Waals surface area contributed by atoms with Crippen molar-refractivity contribution in [2.45, 2.75) is 44.4 Å². The van der Waals surface area contributed by atoms with Gasteiger partial charge in [0.05, 0.1) is 5.92 Å². The number of aromatic nitrogens is 1. The first-order chi connectivity index (χ1) is 15.8. The third-order valence-corrected chi connectivity index (χ3v) is 8.60. The van der Waals surface area contributed by atoms with E-state index in [4.69, 9.17) is 4.52 Å². The lowest BCUT2D eigenvalue weighted by atomic mass is 9.94. The number of nitrogens with zero attached hydrogens (tertiary/aromatic N) is 3. The van der Waals surface area contributed by atoms with E-state index in [1.165, 1.54) is 22.5 Å². The molecule has 1 atom stereocenters. The van der Waals surface area contributed by atoms with Crippen LogP contribution < -0.4 is 0 Å². The average molecular weight is 476 g/mol. The molecule has 2 aliphatic rings. The van der Waals surface area contributed by atoms with Crippen molar-refractivity contribution in [1.82, 2.24) is 14.4 Å². The van der Waals surface area contributed by atoms with Crippen molar-refractivity contribution in [3.8, 4) is 0 Å². The van der Waals surface area contributed by atoms with Gasteiger partial charge < -0.3 is 9.42 Å². The monoisotopic (exact) mass is 475 g/mol. The fourth-order valence-electron chi connectivity index (χ4n) is 4.55. The van der Waals surface area contributed by atoms with Gasteiger partial charge in [-0.05, 0) is 56.7 Å². The number of benzene rings is 1. The summed E-state index contributed by atoms with van der Waals surface area (Å²) >= 11 is 0. The Morgan fingerprint density at radius 3 is 2.61 bits per heavy atom.